The molecular formula is C15H11ClFNO3. The van der Waals surface area contributed by atoms with Crippen LogP contribution in [0.5, 0.6) is 0 Å². The second-order valence-electron chi connectivity index (χ2n) is 4.42. The van der Waals surface area contributed by atoms with E-state index in [-0.39, 0.29) is 16.1 Å². The molecule has 21 heavy (non-hydrogen) atoms. The van der Waals surface area contributed by atoms with E-state index in [1.807, 2.05) is 0 Å². The topological polar surface area (TPSA) is 66.4 Å². The van der Waals surface area contributed by atoms with E-state index in [9.17, 15) is 14.0 Å². The van der Waals surface area contributed by atoms with Gasteiger partial charge in [-0.05, 0) is 42.8 Å². The Bertz CT molecular complexity index is 731. The lowest BCUT2D eigenvalue weighted by Crippen LogP contribution is -2.13. The van der Waals surface area contributed by atoms with E-state index in [0.29, 0.717) is 11.3 Å². The van der Waals surface area contributed by atoms with Crippen LogP contribution in [-0.4, -0.2) is 17.0 Å². The first-order valence-electron chi connectivity index (χ1n) is 5.99. The van der Waals surface area contributed by atoms with Crippen LogP contribution in [-0.2, 0) is 0 Å². The number of halogens is 2. The lowest BCUT2D eigenvalue weighted by molar-refractivity contribution is 0.0695. The van der Waals surface area contributed by atoms with Crippen LogP contribution in [0.1, 0.15) is 26.3 Å². The van der Waals surface area contributed by atoms with Gasteiger partial charge in [-0.15, -0.1) is 0 Å². The molecule has 4 nitrogen and oxygen atoms in total. The Labute approximate surface area is 125 Å². The van der Waals surface area contributed by atoms with Crippen LogP contribution in [0.3, 0.4) is 0 Å². The molecule has 0 radical (unpaired) electrons. The fourth-order valence-corrected chi connectivity index (χ4v) is 1.89. The molecule has 1 amide bonds. The third-order valence-electron chi connectivity index (χ3n) is 2.91. The van der Waals surface area contributed by atoms with Crippen molar-refractivity contribution in [2.24, 2.45) is 0 Å². The van der Waals surface area contributed by atoms with Gasteiger partial charge in [0.25, 0.3) is 5.91 Å². The second kappa shape index (κ2) is 5.93. The van der Waals surface area contributed by atoms with Crippen LogP contribution in [0.2, 0.25) is 5.02 Å². The van der Waals surface area contributed by atoms with Crippen molar-refractivity contribution in [3.05, 3.63) is 63.9 Å². The normalized spacial score (nSPS) is 10.2. The molecule has 2 N–H and O–H groups in total. The van der Waals surface area contributed by atoms with E-state index in [0.717, 1.165) is 6.07 Å². The molecule has 2 aromatic rings. The molecule has 0 aliphatic rings. The third-order valence-corrected chi connectivity index (χ3v) is 3.21. The van der Waals surface area contributed by atoms with Crippen LogP contribution in [0.25, 0.3) is 0 Å². The summed E-state index contributed by atoms with van der Waals surface area (Å²) >= 11 is 5.55. The number of aromatic carboxylic acids is 1. The van der Waals surface area contributed by atoms with Gasteiger partial charge in [0.05, 0.1) is 10.6 Å². The quantitative estimate of drug-likeness (QED) is 0.907. The molecule has 0 aliphatic carbocycles. The van der Waals surface area contributed by atoms with Gasteiger partial charge in [-0.2, -0.15) is 0 Å². The summed E-state index contributed by atoms with van der Waals surface area (Å²) < 4.78 is 13.3. The summed E-state index contributed by atoms with van der Waals surface area (Å²) in [6, 6.07) is 8.19. The van der Waals surface area contributed by atoms with Gasteiger partial charge in [-0.25, -0.2) is 9.18 Å². The zero-order valence-corrected chi connectivity index (χ0v) is 11.7. The Hall–Kier alpha value is -2.40. The number of carboxylic acids is 1. The predicted octanol–water partition coefficient (Wildman–Crippen LogP) is 3.74. The Morgan fingerprint density at radius 1 is 1.19 bits per heavy atom. The van der Waals surface area contributed by atoms with Crippen LogP contribution in [0.4, 0.5) is 10.1 Å². The first-order chi connectivity index (χ1) is 9.88. The van der Waals surface area contributed by atoms with Crippen molar-refractivity contribution in [2.45, 2.75) is 6.92 Å². The molecule has 0 unspecified atom stereocenters. The molecular weight excluding hydrogens is 297 g/mol. The minimum absolute atomic E-state index is 0.0740. The summed E-state index contributed by atoms with van der Waals surface area (Å²) in [5.74, 6) is -2.33. The van der Waals surface area contributed by atoms with Crippen molar-refractivity contribution < 1.29 is 19.1 Å². The molecule has 0 heterocycles. The number of hydrogen-bond donors (Lipinski definition) is 2. The maximum Gasteiger partial charge on any atom is 0.336 e. The molecule has 0 aromatic heterocycles. The fourth-order valence-electron chi connectivity index (χ4n) is 1.77. The number of carbonyl (C=O) groups is 2. The van der Waals surface area contributed by atoms with E-state index in [2.05, 4.69) is 5.32 Å². The lowest BCUT2D eigenvalue weighted by Gasteiger charge is -2.08. The van der Waals surface area contributed by atoms with Crippen molar-refractivity contribution in [3.8, 4) is 0 Å². The Morgan fingerprint density at radius 3 is 2.52 bits per heavy atom. The monoisotopic (exact) mass is 307 g/mol. The first kappa shape index (κ1) is 15.0. The number of carboxylic acid groups (broad SMARTS) is 1. The Balaban J connectivity index is 2.25. The summed E-state index contributed by atoms with van der Waals surface area (Å²) in [6.45, 7) is 1.66. The fraction of sp³-hybridized carbons (Fsp3) is 0.0667. The molecule has 2 rings (SSSR count). The van der Waals surface area contributed by atoms with E-state index in [1.54, 1.807) is 19.1 Å². The van der Waals surface area contributed by atoms with Crippen molar-refractivity contribution in [1.29, 1.82) is 0 Å². The summed E-state index contributed by atoms with van der Waals surface area (Å²) in [4.78, 5) is 23.0. The first-order valence-corrected chi connectivity index (χ1v) is 6.36. The highest BCUT2D eigenvalue weighted by Gasteiger charge is 2.12. The van der Waals surface area contributed by atoms with Gasteiger partial charge in [0.15, 0.2) is 0 Å². The molecule has 0 atom stereocenters. The summed E-state index contributed by atoms with van der Waals surface area (Å²) in [6.07, 6.45) is 0. The van der Waals surface area contributed by atoms with Crippen molar-refractivity contribution >= 4 is 29.2 Å². The molecule has 0 saturated carbocycles. The van der Waals surface area contributed by atoms with Gasteiger partial charge in [0, 0.05) is 11.3 Å². The largest absolute Gasteiger partial charge is 0.478 e. The number of rotatable bonds is 3. The molecule has 6 heteroatoms. The van der Waals surface area contributed by atoms with E-state index in [1.165, 1.54) is 18.2 Å². The van der Waals surface area contributed by atoms with Gasteiger partial charge in [-0.3, -0.25) is 4.79 Å². The minimum atomic E-state index is -1.08. The number of anilines is 1. The highest BCUT2D eigenvalue weighted by molar-refractivity contribution is 6.30. The van der Waals surface area contributed by atoms with Gasteiger partial charge < -0.3 is 10.4 Å². The number of aryl methyl sites for hydroxylation is 1. The zero-order chi connectivity index (χ0) is 15.6. The summed E-state index contributed by atoms with van der Waals surface area (Å²) in [7, 11) is 0. The van der Waals surface area contributed by atoms with Gasteiger partial charge in [-0.1, -0.05) is 17.7 Å². The third kappa shape index (κ3) is 3.38. The number of nitrogens with one attached hydrogen (secondary N) is 1. The van der Waals surface area contributed by atoms with E-state index in [4.69, 9.17) is 16.7 Å². The number of benzene rings is 2. The Morgan fingerprint density at radius 2 is 1.90 bits per heavy atom. The van der Waals surface area contributed by atoms with E-state index >= 15 is 0 Å². The molecule has 2 aromatic carbocycles. The average molecular weight is 308 g/mol. The van der Waals surface area contributed by atoms with E-state index < -0.39 is 17.7 Å². The smallest absolute Gasteiger partial charge is 0.336 e. The molecule has 0 aliphatic heterocycles. The lowest BCUT2D eigenvalue weighted by atomic mass is 10.1. The number of amides is 1. The molecule has 0 spiro atoms. The molecule has 0 bridgehead atoms. The predicted molar refractivity (Wildman–Crippen MR) is 77.5 cm³/mol. The van der Waals surface area contributed by atoms with Crippen molar-refractivity contribution in [1.82, 2.24) is 0 Å². The maximum absolute atomic E-state index is 13.3. The highest BCUT2D eigenvalue weighted by atomic mass is 35.5. The standard InChI is InChI=1S/C15H11ClFNO3/c1-8-2-4-10(7-11(8)15(20)21)18-14(19)9-3-5-12(16)13(17)6-9/h2-7H,1H3,(H,18,19)(H,20,21). The van der Waals surface area contributed by atoms with Crippen LogP contribution in [0.15, 0.2) is 36.4 Å². The van der Waals surface area contributed by atoms with Crippen LogP contribution in [0, 0.1) is 12.7 Å². The summed E-state index contributed by atoms with van der Waals surface area (Å²) in [5, 5.41) is 11.5. The number of hydrogen-bond acceptors (Lipinski definition) is 2. The Kier molecular flexibility index (Phi) is 4.23. The van der Waals surface area contributed by atoms with Crippen molar-refractivity contribution in [2.75, 3.05) is 5.32 Å². The molecule has 108 valence electrons. The van der Waals surface area contributed by atoms with Gasteiger partial charge in [0.2, 0.25) is 0 Å². The molecule has 0 fully saturated rings. The summed E-state index contributed by atoms with van der Waals surface area (Å²) in [5.41, 5.74) is 1.08. The van der Waals surface area contributed by atoms with Crippen molar-refractivity contribution in [3.63, 3.8) is 0 Å². The zero-order valence-electron chi connectivity index (χ0n) is 11.0. The minimum Gasteiger partial charge on any atom is -0.478 e. The average Bonchev–Trinajstić information content (AvgIpc) is 2.43. The molecule has 0 saturated heterocycles. The highest BCUT2D eigenvalue weighted by Crippen LogP contribution is 2.19. The van der Waals surface area contributed by atoms with Crippen LogP contribution >= 0.6 is 11.6 Å². The van der Waals surface area contributed by atoms with Gasteiger partial charge >= 0.3 is 5.97 Å². The maximum atomic E-state index is 13.3. The van der Waals surface area contributed by atoms with Crippen LogP contribution < -0.4 is 5.32 Å². The SMILES string of the molecule is Cc1ccc(NC(=O)c2ccc(Cl)c(F)c2)cc1C(=O)O. The second-order valence-corrected chi connectivity index (χ2v) is 4.83. The van der Waals surface area contributed by atoms with Gasteiger partial charge in [0.1, 0.15) is 5.82 Å². The number of carbonyl (C=O) groups excluding carboxylic acids is 1.